The number of fused-ring (bicyclic) bond motifs is 1. The number of carbonyl (C=O) groups is 1. The number of aryl methyl sites for hydroxylation is 1. The Kier molecular flexibility index (Phi) is 3.85. The third-order valence-corrected chi connectivity index (χ3v) is 3.20. The predicted octanol–water partition coefficient (Wildman–Crippen LogP) is 1.93. The van der Waals surface area contributed by atoms with Crippen molar-refractivity contribution in [3.63, 3.8) is 0 Å². The van der Waals surface area contributed by atoms with Crippen molar-refractivity contribution in [1.82, 2.24) is 9.55 Å². The van der Waals surface area contributed by atoms with Gasteiger partial charge in [0, 0.05) is 19.6 Å². The van der Waals surface area contributed by atoms with E-state index < -0.39 is 5.97 Å². The summed E-state index contributed by atoms with van der Waals surface area (Å²) >= 11 is 0. The predicted molar refractivity (Wildman–Crippen MR) is 72.3 cm³/mol. The number of hydrogen-bond acceptors (Lipinski definition) is 3. The number of rotatable bonds is 5. The summed E-state index contributed by atoms with van der Waals surface area (Å²) in [6.45, 7) is 4.70. The standard InChI is InChI=1S/C14H18N2O3/c1-3-13-15-11-5-4-10(14(18)19)6-12(11)16(13)7-9(2)8-17/h4-6,9,17H,3,7-8H2,1-2H3,(H,18,19). The number of imidazole rings is 1. The number of carboxylic acid groups (broad SMARTS) is 1. The normalized spacial score (nSPS) is 12.8. The maximum absolute atomic E-state index is 11.0. The van der Waals surface area contributed by atoms with Crippen LogP contribution in [0.25, 0.3) is 11.0 Å². The van der Waals surface area contributed by atoms with E-state index in [2.05, 4.69) is 4.98 Å². The first-order valence-electron chi connectivity index (χ1n) is 6.40. The Balaban J connectivity index is 2.56. The molecule has 19 heavy (non-hydrogen) atoms. The van der Waals surface area contributed by atoms with Crippen LogP contribution >= 0.6 is 0 Å². The van der Waals surface area contributed by atoms with Crippen LogP contribution in [-0.4, -0.2) is 32.3 Å². The molecular weight excluding hydrogens is 244 g/mol. The van der Waals surface area contributed by atoms with E-state index in [4.69, 9.17) is 5.11 Å². The molecule has 0 saturated heterocycles. The van der Waals surface area contributed by atoms with Crippen LogP contribution < -0.4 is 0 Å². The topological polar surface area (TPSA) is 75.3 Å². The zero-order chi connectivity index (χ0) is 14.0. The first-order valence-corrected chi connectivity index (χ1v) is 6.40. The van der Waals surface area contributed by atoms with E-state index in [9.17, 15) is 9.90 Å². The van der Waals surface area contributed by atoms with Gasteiger partial charge in [0.2, 0.25) is 0 Å². The maximum atomic E-state index is 11.0. The van der Waals surface area contributed by atoms with Crippen molar-refractivity contribution in [2.45, 2.75) is 26.8 Å². The minimum absolute atomic E-state index is 0.0987. The molecule has 0 aliphatic heterocycles. The molecule has 2 N–H and O–H groups in total. The molecule has 0 spiro atoms. The third kappa shape index (κ3) is 2.61. The third-order valence-electron chi connectivity index (χ3n) is 3.20. The fourth-order valence-electron chi connectivity index (χ4n) is 2.15. The van der Waals surface area contributed by atoms with Crippen LogP contribution in [0.2, 0.25) is 0 Å². The maximum Gasteiger partial charge on any atom is 0.335 e. The zero-order valence-electron chi connectivity index (χ0n) is 11.1. The molecule has 0 aliphatic rings. The molecule has 5 heteroatoms. The van der Waals surface area contributed by atoms with Gasteiger partial charge in [-0.15, -0.1) is 0 Å². The average Bonchev–Trinajstić information content (AvgIpc) is 2.75. The molecule has 0 radical (unpaired) electrons. The first-order chi connectivity index (χ1) is 9.06. The molecule has 0 fully saturated rings. The van der Waals surface area contributed by atoms with Crippen LogP contribution in [0.5, 0.6) is 0 Å². The number of carboxylic acids is 1. The average molecular weight is 262 g/mol. The molecule has 1 heterocycles. The van der Waals surface area contributed by atoms with Gasteiger partial charge < -0.3 is 14.8 Å². The highest BCUT2D eigenvalue weighted by atomic mass is 16.4. The van der Waals surface area contributed by atoms with Gasteiger partial charge in [-0.25, -0.2) is 9.78 Å². The number of aliphatic hydroxyl groups is 1. The summed E-state index contributed by atoms with van der Waals surface area (Å²) in [5.41, 5.74) is 1.87. The Morgan fingerprint density at radius 2 is 2.21 bits per heavy atom. The Hall–Kier alpha value is -1.88. The molecule has 2 rings (SSSR count). The van der Waals surface area contributed by atoms with Crippen molar-refractivity contribution in [2.75, 3.05) is 6.61 Å². The Bertz CT molecular complexity index is 604. The molecule has 1 aromatic carbocycles. The monoisotopic (exact) mass is 262 g/mol. The highest BCUT2D eigenvalue weighted by Gasteiger charge is 2.14. The lowest BCUT2D eigenvalue weighted by Gasteiger charge is -2.12. The SMILES string of the molecule is CCc1nc2ccc(C(=O)O)cc2n1CC(C)CO. The summed E-state index contributed by atoms with van der Waals surface area (Å²) in [5.74, 6) is 0.0805. The van der Waals surface area contributed by atoms with Crippen LogP contribution in [-0.2, 0) is 13.0 Å². The fourth-order valence-corrected chi connectivity index (χ4v) is 2.15. The van der Waals surface area contributed by atoms with Gasteiger partial charge >= 0.3 is 5.97 Å². The van der Waals surface area contributed by atoms with E-state index >= 15 is 0 Å². The lowest BCUT2D eigenvalue weighted by molar-refractivity contribution is 0.0697. The summed E-state index contributed by atoms with van der Waals surface area (Å²) in [6, 6.07) is 4.95. The number of nitrogens with zero attached hydrogens (tertiary/aromatic N) is 2. The molecule has 102 valence electrons. The summed E-state index contributed by atoms with van der Waals surface area (Å²) in [4.78, 5) is 15.5. The van der Waals surface area contributed by atoms with Gasteiger partial charge in [-0.2, -0.15) is 0 Å². The van der Waals surface area contributed by atoms with Crippen molar-refractivity contribution in [3.8, 4) is 0 Å². The van der Waals surface area contributed by atoms with Gasteiger partial charge in [0.25, 0.3) is 0 Å². The molecule has 0 aliphatic carbocycles. The van der Waals surface area contributed by atoms with E-state index in [1.54, 1.807) is 18.2 Å². The van der Waals surface area contributed by atoms with E-state index in [-0.39, 0.29) is 18.1 Å². The summed E-state index contributed by atoms with van der Waals surface area (Å²) in [6.07, 6.45) is 0.773. The van der Waals surface area contributed by atoms with Gasteiger partial charge in [-0.1, -0.05) is 13.8 Å². The van der Waals surface area contributed by atoms with Crippen molar-refractivity contribution in [3.05, 3.63) is 29.6 Å². The molecule has 2 aromatic rings. The van der Waals surface area contributed by atoms with Gasteiger partial charge in [0.05, 0.1) is 16.6 Å². The van der Waals surface area contributed by atoms with Crippen LogP contribution in [0.4, 0.5) is 0 Å². The minimum atomic E-state index is -0.942. The Labute approximate surface area is 111 Å². The fraction of sp³-hybridized carbons (Fsp3) is 0.429. The molecule has 5 nitrogen and oxygen atoms in total. The number of aromatic nitrogens is 2. The van der Waals surface area contributed by atoms with Crippen LogP contribution in [0.1, 0.15) is 30.0 Å². The van der Waals surface area contributed by atoms with Gasteiger partial charge in [0.1, 0.15) is 5.82 Å². The second-order valence-electron chi connectivity index (χ2n) is 4.79. The number of aromatic carboxylic acids is 1. The lowest BCUT2D eigenvalue weighted by atomic mass is 10.1. The largest absolute Gasteiger partial charge is 0.478 e. The van der Waals surface area contributed by atoms with Crippen molar-refractivity contribution >= 4 is 17.0 Å². The number of hydrogen-bond donors (Lipinski definition) is 2. The van der Waals surface area contributed by atoms with Crippen LogP contribution in [0, 0.1) is 5.92 Å². The van der Waals surface area contributed by atoms with E-state index in [1.165, 1.54) is 0 Å². The minimum Gasteiger partial charge on any atom is -0.478 e. The van der Waals surface area contributed by atoms with Crippen LogP contribution in [0.15, 0.2) is 18.2 Å². The van der Waals surface area contributed by atoms with Crippen molar-refractivity contribution in [1.29, 1.82) is 0 Å². The first kappa shape index (κ1) is 13.5. The summed E-state index contributed by atoms with van der Waals surface area (Å²) in [7, 11) is 0. The van der Waals surface area contributed by atoms with E-state index in [0.29, 0.717) is 6.54 Å². The van der Waals surface area contributed by atoms with Gasteiger partial charge in [-0.3, -0.25) is 0 Å². The highest BCUT2D eigenvalue weighted by molar-refractivity contribution is 5.92. The highest BCUT2D eigenvalue weighted by Crippen LogP contribution is 2.20. The second-order valence-corrected chi connectivity index (χ2v) is 4.79. The van der Waals surface area contributed by atoms with Crippen molar-refractivity contribution in [2.24, 2.45) is 5.92 Å². The zero-order valence-corrected chi connectivity index (χ0v) is 11.1. The van der Waals surface area contributed by atoms with Crippen molar-refractivity contribution < 1.29 is 15.0 Å². The molecule has 0 bridgehead atoms. The molecular formula is C14H18N2O3. The van der Waals surface area contributed by atoms with Gasteiger partial charge in [-0.05, 0) is 24.1 Å². The van der Waals surface area contributed by atoms with E-state index in [0.717, 1.165) is 23.3 Å². The second kappa shape index (κ2) is 5.40. The number of aliphatic hydroxyl groups excluding tert-OH is 1. The summed E-state index contributed by atoms with van der Waals surface area (Å²) < 4.78 is 2.00. The van der Waals surface area contributed by atoms with Crippen LogP contribution in [0.3, 0.4) is 0 Å². The molecule has 0 amide bonds. The Morgan fingerprint density at radius 1 is 1.47 bits per heavy atom. The quantitative estimate of drug-likeness (QED) is 0.863. The Morgan fingerprint density at radius 3 is 2.79 bits per heavy atom. The molecule has 0 saturated carbocycles. The summed E-state index contributed by atoms with van der Waals surface area (Å²) in [5, 5.41) is 18.2. The smallest absolute Gasteiger partial charge is 0.335 e. The lowest BCUT2D eigenvalue weighted by Crippen LogP contribution is -2.13. The molecule has 1 aromatic heterocycles. The molecule has 1 atom stereocenters. The van der Waals surface area contributed by atoms with E-state index in [1.807, 2.05) is 18.4 Å². The number of benzene rings is 1. The molecule has 1 unspecified atom stereocenters. The van der Waals surface area contributed by atoms with Gasteiger partial charge in [0.15, 0.2) is 0 Å².